The fourth-order valence-electron chi connectivity index (χ4n) is 0.665. The van der Waals surface area contributed by atoms with Gasteiger partial charge >= 0.3 is 0 Å². The predicted octanol–water partition coefficient (Wildman–Crippen LogP) is 4.07. The molecule has 0 nitrogen and oxygen atoms in total. The lowest BCUT2D eigenvalue weighted by Crippen LogP contribution is -1.54. The van der Waals surface area contributed by atoms with Gasteiger partial charge in [-0.3, -0.25) is 0 Å². The lowest BCUT2D eigenvalue weighted by molar-refractivity contribution is 1.75. The third kappa shape index (κ3) is 4.52. The van der Waals surface area contributed by atoms with Crippen molar-refractivity contribution >= 4 is 7.92 Å². The van der Waals surface area contributed by atoms with Crippen LogP contribution in [-0.2, 0) is 0 Å². The summed E-state index contributed by atoms with van der Waals surface area (Å²) in [6, 6.07) is 0. The number of allylic oxidation sites excluding steroid dienone is 3. The Hall–Kier alpha value is -0.350. The molecular formula is C9H15P. The van der Waals surface area contributed by atoms with Crippen molar-refractivity contribution in [1.82, 2.24) is 0 Å². The first-order valence-corrected chi connectivity index (χ1v) is 5.06. The van der Waals surface area contributed by atoms with E-state index in [1.807, 2.05) is 0 Å². The molecule has 0 amide bonds. The van der Waals surface area contributed by atoms with Gasteiger partial charge in [-0.05, 0) is 28.7 Å². The smallest absolute Gasteiger partial charge is 0.0368 e. The maximum Gasteiger partial charge on any atom is -0.0368 e. The van der Waals surface area contributed by atoms with E-state index in [4.69, 9.17) is 0 Å². The molecule has 0 saturated heterocycles. The second-order valence-electron chi connectivity index (χ2n) is 1.89. The van der Waals surface area contributed by atoms with E-state index in [-0.39, 0.29) is 7.92 Å². The van der Waals surface area contributed by atoms with E-state index < -0.39 is 0 Å². The van der Waals surface area contributed by atoms with Gasteiger partial charge in [0.05, 0.1) is 0 Å². The molecule has 0 aromatic carbocycles. The highest BCUT2D eigenvalue weighted by Gasteiger charge is 1.87. The molecule has 1 heteroatoms. The largest absolute Gasteiger partial charge is 0.0866 e. The van der Waals surface area contributed by atoms with Crippen molar-refractivity contribution in [1.29, 1.82) is 0 Å². The van der Waals surface area contributed by atoms with Crippen molar-refractivity contribution in [2.75, 3.05) is 0 Å². The molecule has 0 bridgehead atoms. The molecule has 10 heavy (non-hydrogen) atoms. The van der Waals surface area contributed by atoms with Crippen molar-refractivity contribution in [3.8, 4) is 0 Å². The molecule has 0 aromatic rings. The SMILES string of the molecule is C/C=C\P(/C=C/C)/C=C/C. The van der Waals surface area contributed by atoms with Crippen LogP contribution >= 0.6 is 7.92 Å². The number of hydrogen-bond donors (Lipinski definition) is 0. The first kappa shape index (κ1) is 9.65. The van der Waals surface area contributed by atoms with Gasteiger partial charge in [0.1, 0.15) is 0 Å². The van der Waals surface area contributed by atoms with Gasteiger partial charge in [0.15, 0.2) is 0 Å². The van der Waals surface area contributed by atoms with E-state index in [1.54, 1.807) is 0 Å². The fourth-order valence-corrected chi connectivity index (χ4v) is 2.00. The van der Waals surface area contributed by atoms with Crippen LogP contribution in [0, 0.1) is 0 Å². The normalized spacial score (nSPS) is 13.2. The van der Waals surface area contributed by atoms with Crippen LogP contribution in [0.4, 0.5) is 0 Å². The molecule has 0 aliphatic rings. The Balaban J connectivity index is 3.97. The third-order valence-electron chi connectivity index (χ3n) is 0.964. The summed E-state index contributed by atoms with van der Waals surface area (Å²) >= 11 is 0. The van der Waals surface area contributed by atoms with Gasteiger partial charge in [-0.15, -0.1) is 0 Å². The quantitative estimate of drug-likeness (QED) is 0.537. The Kier molecular flexibility index (Phi) is 6.53. The van der Waals surface area contributed by atoms with Gasteiger partial charge in [0, 0.05) is 0 Å². The molecule has 0 saturated carbocycles. The molecule has 0 spiro atoms. The molecule has 56 valence electrons. The molecule has 0 aromatic heterocycles. The van der Waals surface area contributed by atoms with Crippen LogP contribution in [0.25, 0.3) is 0 Å². The van der Waals surface area contributed by atoms with Crippen LogP contribution in [0.1, 0.15) is 20.8 Å². The first-order chi connectivity index (χ1) is 4.85. The highest BCUT2D eigenvalue weighted by molar-refractivity contribution is 7.67. The monoisotopic (exact) mass is 154 g/mol. The zero-order valence-electron chi connectivity index (χ0n) is 6.91. The molecule has 0 unspecified atom stereocenters. The van der Waals surface area contributed by atoms with Crippen LogP contribution in [0.2, 0.25) is 0 Å². The maximum absolute atomic E-state index is 2.23. The van der Waals surface area contributed by atoms with E-state index in [1.165, 1.54) is 0 Å². The van der Waals surface area contributed by atoms with Gasteiger partial charge in [0.2, 0.25) is 0 Å². The molecule has 0 radical (unpaired) electrons. The standard InChI is InChI=1S/C9H15P/c1-4-7-10(8-5-2)9-6-3/h4-9H,1-3H3/b7-4-,8-5+,9-6+. The molecule has 0 aliphatic carbocycles. The summed E-state index contributed by atoms with van der Waals surface area (Å²) in [6.45, 7) is 6.17. The van der Waals surface area contributed by atoms with Gasteiger partial charge in [-0.25, -0.2) is 0 Å². The van der Waals surface area contributed by atoms with Gasteiger partial charge in [0.25, 0.3) is 0 Å². The summed E-state index contributed by atoms with van der Waals surface area (Å²) in [5.74, 6) is 6.69. The molecular weight excluding hydrogens is 139 g/mol. The van der Waals surface area contributed by atoms with Crippen LogP contribution in [0.5, 0.6) is 0 Å². The summed E-state index contributed by atoms with van der Waals surface area (Å²) in [5, 5.41) is 0. The Morgan fingerprint density at radius 1 is 0.700 bits per heavy atom. The summed E-state index contributed by atoms with van der Waals surface area (Å²) in [4.78, 5) is 0. The molecule has 0 N–H and O–H groups in total. The van der Waals surface area contributed by atoms with Crippen molar-refractivity contribution in [3.05, 3.63) is 35.7 Å². The molecule has 0 aliphatic heterocycles. The van der Waals surface area contributed by atoms with Gasteiger partial charge < -0.3 is 0 Å². The van der Waals surface area contributed by atoms with Crippen LogP contribution in [0.15, 0.2) is 35.7 Å². The zero-order valence-corrected chi connectivity index (χ0v) is 7.81. The zero-order chi connectivity index (χ0) is 7.82. The molecule has 0 atom stereocenters. The minimum atomic E-state index is -0.103. The number of hydrogen-bond acceptors (Lipinski definition) is 0. The van der Waals surface area contributed by atoms with E-state index in [9.17, 15) is 0 Å². The van der Waals surface area contributed by atoms with Crippen LogP contribution < -0.4 is 0 Å². The van der Waals surface area contributed by atoms with E-state index in [0.717, 1.165) is 0 Å². The van der Waals surface area contributed by atoms with E-state index >= 15 is 0 Å². The second kappa shape index (κ2) is 6.77. The number of rotatable bonds is 3. The highest BCUT2D eigenvalue weighted by atomic mass is 31.1. The Labute approximate surface area is 65.1 Å². The predicted molar refractivity (Wildman–Crippen MR) is 51.4 cm³/mol. The first-order valence-electron chi connectivity index (χ1n) is 3.51. The van der Waals surface area contributed by atoms with Crippen molar-refractivity contribution < 1.29 is 0 Å². The molecule has 0 fully saturated rings. The fraction of sp³-hybridized carbons (Fsp3) is 0.333. The van der Waals surface area contributed by atoms with Crippen molar-refractivity contribution in [3.63, 3.8) is 0 Å². The highest BCUT2D eigenvalue weighted by Crippen LogP contribution is 2.40. The summed E-state index contributed by atoms with van der Waals surface area (Å²) in [7, 11) is -0.103. The van der Waals surface area contributed by atoms with E-state index in [0.29, 0.717) is 0 Å². The lowest BCUT2D eigenvalue weighted by Gasteiger charge is -1.97. The Morgan fingerprint density at radius 2 is 1.00 bits per heavy atom. The average Bonchev–Trinajstić information content (AvgIpc) is 1.90. The van der Waals surface area contributed by atoms with Crippen LogP contribution in [-0.4, -0.2) is 0 Å². The Morgan fingerprint density at radius 3 is 1.20 bits per heavy atom. The summed E-state index contributed by atoms with van der Waals surface area (Å²) in [5.41, 5.74) is 0. The summed E-state index contributed by atoms with van der Waals surface area (Å²) in [6.07, 6.45) is 6.31. The van der Waals surface area contributed by atoms with Gasteiger partial charge in [-0.2, -0.15) is 0 Å². The second-order valence-corrected chi connectivity index (χ2v) is 3.68. The van der Waals surface area contributed by atoms with E-state index in [2.05, 4.69) is 56.5 Å². The topological polar surface area (TPSA) is 0 Å². The molecule has 0 heterocycles. The Bertz CT molecular complexity index is 114. The minimum absolute atomic E-state index is 0.103. The maximum atomic E-state index is 2.23. The summed E-state index contributed by atoms with van der Waals surface area (Å²) < 4.78 is 0. The minimum Gasteiger partial charge on any atom is -0.0866 e. The lowest BCUT2D eigenvalue weighted by atomic mass is 10.8. The average molecular weight is 154 g/mol. The van der Waals surface area contributed by atoms with Crippen molar-refractivity contribution in [2.45, 2.75) is 20.8 Å². The van der Waals surface area contributed by atoms with Gasteiger partial charge in [-0.1, -0.05) is 35.7 Å². The third-order valence-corrected chi connectivity index (χ3v) is 2.89. The van der Waals surface area contributed by atoms with Crippen LogP contribution in [0.3, 0.4) is 0 Å². The molecule has 0 rings (SSSR count). The van der Waals surface area contributed by atoms with Crippen molar-refractivity contribution in [2.24, 2.45) is 0 Å².